The Hall–Kier alpha value is -1.23. The van der Waals surface area contributed by atoms with Crippen molar-refractivity contribution in [2.24, 2.45) is 5.41 Å². The first kappa shape index (κ1) is 13.2. The van der Waals surface area contributed by atoms with E-state index in [4.69, 9.17) is 5.73 Å². The summed E-state index contributed by atoms with van der Waals surface area (Å²) < 4.78 is 23.3. The molecule has 5 heteroatoms. The van der Waals surface area contributed by atoms with E-state index in [9.17, 15) is 8.42 Å². The lowest BCUT2D eigenvalue weighted by Gasteiger charge is -2.23. The first-order valence-electron chi connectivity index (χ1n) is 6.04. The summed E-state index contributed by atoms with van der Waals surface area (Å²) in [5, 5.41) is 0. The third-order valence-electron chi connectivity index (χ3n) is 3.46. The van der Waals surface area contributed by atoms with Gasteiger partial charge in [-0.2, -0.15) is 0 Å². The second-order valence-corrected chi connectivity index (χ2v) is 7.78. The van der Waals surface area contributed by atoms with Crippen LogP contribution in [0.15, 0.2) is 23.1 Å². The van der Waals surface area contributed by atoms with Crippen molar-refractivity contribution in [3.63, 3.8) is 0 Å². The lowest BCUT2D eigenvalue weighted by molar-refractivity contribution is 0.418. The van der Waals surface area contributed by atoms with Crippen LogP contribution in [0.1, 0.15) is 20.3 Å². The molecule has 0 spiro atoms. The predicted molar refractivity (Wildman–Crippen MR) is 74.6 cm³/mol. The number of hydrogen-bond acceptors (Lipinski definition) is 4. The molecule has 1 saturated heterocycles. The normalized spacial score (nSPS) is 19.2. The van der Waals surface area contributed by atoms with E-state index in [1.807, 2.05) is 6.07 Å². The van der Waals surface area contributed by atoms with Gasteiger partial charge in [0.05, 0.1) is 16.3 Å². The van der Waals surface area contributed by atoms with E-state index in [2.05, 4.69) is 18.7 Å². The van der Waals surface area contributed by atoms with Gasteiger partial charge in [-0.15, -0.1) is 0 Å². The molecule has 1 fully saturated rings. The molecule has 1 heterocycles. The van der Waals surface area contributed by atoms with Gasteiger partial charge in [0.2, 0.25) is 0 Å². The summed E-state index contributed by atoms with van der Waals surface area (Å²) in [7, 11) is -3.27. The Labute approximate surface area is 109 Å². The molecule has 0 unspecified atom stereocenters. The minimum Gasteiger partial charge on any atom is -0.396 e. The van der Waals surface area contributed by atoms with Crippen molar-refractivity contribution in [2.45, 2.75) is 25.2 Å². The molecule has 2 N–H and O–H groups in total. The molecule has 1 aliphatic heterocycles. The smallest absolute Gasteiger partial charge is 0.177 e. The second kappa shape index (κ2) is 4.16. The number of benzene rings is 1. The second-order valence-electron chi connectivity index (χ2n) is 5.80. The van der Waals surface area contributed by atoms with Crippen molar-refractivity contribution in [3.8, 4) is 0 Å². The summed E-state index contributed by atoms with van der Waals surface area (Å²) in [6.07, 6.45) is 2.28. The van der Waals surface area contributed by atoms with E-state index < -0.39 is 9.84 Å². The Morgan fingerprint density at radius 1 is 1.33 bits per heavy atom. The number of nitrogens with zero attached hydrogens (tertiary/aromatic N) is 1. The van der Waals surface area contributed by atoms with E-state index in [0.29, 0.717) is 5.69 Å². The maximum absolute atomic E-state index is 11.6. The summed E-state index contributed by atoms with van der Waals surface area (Å²) >= 11 is 0. The topological polar surface area (TPSA) is 63.4 Å². The first-order valence-corrected chi connectivity index (χ1v) is 7.93. The monoisotopic (exact) mass is 268 g/mol. The standard InChI is InChI=1S/C13H20N2O2S/c1-13(2)7-8-15(9-13)10-5-4-6-11(12(10)14)18(3,16)17/h4-6H,7-9,14H2,1-3H3. The highest BCUT2D eigenvalue weighted by molar-refractivity contribution is 7.90. The highest BCUT2D eigenvalue weighted by Crippen LogP contribution is 2.37. The summed E-state index contributed by atoms with van der Waals surface area (Å²) in [6, 6.07) is 5.22. The zero-order valence-corrected chi connectivity index (χ0v) is 11.9. The Morgan fingerprint density at radius 3 is 2.50 bits per heavy atom. The van der Waals surface area contributed by atoms with E-state index in [0.717, 1.165) is 25.2 Å². The lowest BCUT2D eigenvalue weighted by Crippen LogP contribution is -2.24. The fraction of sp³-hybridized carbons (Fsp3) is 0.538. The van der Waals surface area contributed by atoms with Crippen molar-refractivity contribution in [3.05, 3.63) is 18.2 Å². The Balaban J connectivity index is 2.42. The minimum absolute atomic E-state index is 0.227. The van der Waals surface area contributed by atoms with Crippen molar-refractivity contribution < 1.29 is 8.42 Å². The summed E-state index contributed by atoms with van der Waals surface area (Å²) in [5.41, 5.74) is 7.48. The van der Waals surface area contributed by atoms with E-state index in [-0.39, 0.29) is 10.3 Å². The van der Waals surface area contributed by atoms with Crippen LogP contribution in [0.25, 0.3) is 0 Å². The molecule has 0 aliphatic carbocycles. The maximum Gasteiger partial charge on any atom is 0.177 e. The van der Waals surface area contributed by atoms with Crippen LogP contribution in [0.5, 0.6) is 0 Å². The fourth-order valence-electron chi connectivity index (χ4n) is 2.45. The quantitative estimate of drug-likeness (QED) is 0.832. The SMILES string of the molecule is CC1(C)CCN(c2cccc(S(C)(=O)=O)c2N)C1. The summed E-state index contributed by atoms with van der Waals surface area (Å²) in [6.45, 7) is 6.25. The molecule has 0 radical (unpaired) electrons. The summed E-state index contributed by atoms with van der Waals surface area (Å²) in [5.74, 6) is 0. The third-order valence-corrected chi connectivity index (χ3v) is 4.62. The van der Waals surface area contributed by atoms with Crippen LogP contribution in [0, 0.1) is 5.41 Å². The molecular formula is C13H20N2O2S. The molecule has 18 heavy (non-hydrogen) atoms. The molecule has 0 amide bonds. The molecular weight excluding hydrogens is 248 g/mol. The number of rotatable bonds is 2. The Kier molecular flexibility index (Phi) is 3.05. The number of hydrogen-bond donors (Lipinski definition) is 1. The average molecular weight is 268 g/mol. The fourth-order valence-corrected chi connectivity index (χ4v) is 3.28. The molecule has 1 aliphatic rings. The highest BCUT2D eigenvalue weighted by atomic mass is 32.2. The molecule has 0 atom stereocenters. The van der Waals surface area contributed by atoms with Gasteiger partial charge in [-0.1, -0.05) is 19.9 Å². The van der Waals surface area contributed by atoms with Crippen LogP contribution in [0.4, 0.5) is 11.4 Å². The molecule has 0 saturated carbocycles. The molecule has 0 bridgehead atoms. The van der Waals surface area contributed by atoms with Gasteiger partial charge in [0.1, 0.15) is 0 Å². The van der Waals surface area contributed by atoms with Gasteiger partial charge in [0, 0.05) is 19.3 Å². The van der Waals surface area contributed by atoms with Crippen LogP contribution < -0.4 is 10.6 Å². The van der Waals surface area contributed by atoms with Crippen LogP contribution >= 0.6 is 0 Å². The molecule has 1 aromatic rings. The van der Waals surface area contributed by atoms with Crippen molar-refractivity contribution in [2.75, 3.05) is 30.0 Å². The predicted octanol–water partition coefficient (Wildman–Crippen LogP) is 1.91. The van der Waals surface area contributed by atoms with Crippen molar-refractivity contribution >= 4 is 21.2 Å². The van der Waals surface area contributed by atoms with E-state index in [1.54, 1.807) is 12.1 Å². The van der Waals surface area contributed by atoms with Crippen LogP contribution in [0.3, 0.4) is 0 Å². The molecule has 100 valence electrons. The van der Waals surface area contributed by atoms with Crippen LogP contribution in [-0.2, 0) is 9.84 Å². The van der Waals surface area contributed by atoms with Gasteiger partial charge >= 0.3 is 0 Å². The summed E-state index contributed by atoms with van der Waals surface area (Å²) in [4.78, 5) is 2.40. The van der Waals surface area contributed by atoms with Gasteiger partial charge in [0.25, 0.3) is 0 Å². The lowest BCUT2D eigenvalue weighted by atomic mass is 9.93. The number of para-hydroxylation sites is 1. The number of anilines is 2. The van der Waals surface area contributed by atoms with E-state index >= 15 is 0 Å². The number of sulfone groups is 1. The Bertz CT molecular complexity index is 564. The highest BCUT2D eigenvalue weighted by Gasteiger charge is 2.30. The first-order chi connectivity index (χ1) is 8.21. The Morgan fingerprint density at radius 2 is 2.00 bits per heavy atom. The average Bonchev–Trinajstić information content (AvgIpc) is 2.57. The molecule has 4 nitrogen and oxygen atoms in total. The maximum atomic E-state index is 11.6. The van der Waals surface area contributed by atoms with Gasteiger partial charge in [-0.25, -0.2) is 8.42 Å². The van der Waals surface area contributed by atoms with Crippen molar-refractivity contribution in [1.82, 2.24) is 0 Å². The molecule has 2 rings (SSSR count). The van der Waals surface area contributed by atoms with Crippen molar-refractivity contribution in [1.29, 1.82) is 0 Å². The minimum atomic E-state index is -3.27. The van der Waals surface area contributed by atoms with Gasteiger partial charge in [-0.05, 0) is 24.0 Å². The third kappa shape index (κ3) is 2.46. The van der Waals surface area contributed by atoms with Gasteiger partial charge < -0.3 is 10.6 Å². The zero-order valence-electron chi connectivity index (χ0n) is 11.1. The molecule has 1 aromatic carbocycles. The van der Waals surface area contributed by atoms with Gasteiger partial charge in [0.15, 0.2) is 9.84 Å². The largest absolute Gasteiger partial charge is 0.396 e. The van der Waals surface area contributed by atoms with Gasteiger partial charge in [-0.3, -0.25) is 0 Å². The number of nitrogens with two attached hydrogens (primary N) is 1. The number of nitrogen functional groups attached to an aromatic ring is 1. The molecule has 0 aromatic heterocycles. The van der Waals surface area contributed by atoms with Crippen LogP contribution in [-0.4, -0.2) is 27.8 Å². The zero-order chi connectivity index (χ0) is 13.6. The van der Waals surface area contributed by atoms with E-state index in [1.165, 1.54) is 6.26 Å². The van der Waals surface area contributed by atoms with Crippen LogP contribution in [0.2, 0.25) is 0 Å².